The molecule has 0 aromatic heterocycles. The monoisotopic (exact) mass is 387 g/mol. The maximum atomic E-state index is 11.9. The van der Waals surface area contributed by atoms with Crippen LogP contribution in [0, 0.1) is 0 Å². The van der Waals surface area contributed by atoms with Gasteiger partial charge in [-0.3, -0.25) is 4.79 Å². The third kappa shape index (κ3) is 7.26. The number of ether oxygens (including phenoxy) is 1. The molecular weight excluding hydrogens is 362 g/mol. The van der Waals surface area contributed by atoms with E-state index >= 15 is 0 Å². The minimum absolute atomic E-state index is 0.115. The summed E-state index contributed by atoms with van der Waals surface area (Å²) in [4.78, 5) is 11.9. The van der Waals surface area contributed by atoms with Crippen molar-refractivity contribution in [2.75, 3.05) is 26.0 Å². The van der Waals surface area contributed by atoms with E-state index in [-0.39, 0.29) is 5.91 Å². The number of rotatable bonds is 9. The summed E-state index contributed by atoms with van der Waals surface area (Å²) in [5.74, 6) is 1.68. The smallest absolute Gasteiger partial charge is 0.230 e. The second-order valence-electron chi connectivity index (χ2n) is 5.95. The summed E-state index contributed by atoms with van der Waals surface area (Å²) in [5, 5.41) is 4.89. The lowest BCUT2D eigenvalue weighted by Gasteiger charge is -2.30. The van der Waals surface area contributed by atoms with Crippen molar-refractivity contribution < 1.29 is 9.53 Å². The van der Waals surface area contributed by atoms with E-state index in [0.717, 1.165) is 10.8 Å². The first-order valence-electron chi connectivity index (χ1n) is 8.42. The Bertz CT molecular complexity index is 498. The maximum Gasteiger partial charge on any atom is 0.230 e. The van der Waals surface area contributed by atoms with E-state index in [0.29, 0.717) is 29.4 Å². The van der Waals surface area contributed by atoms with Crippen LogP contribution in [0.4, 0.5) is 0 Å². The van der Waals surface area contributed by atoms with E-state index in [9.17, 15) is 4.79 Å². The first-order chi connectivity index (χ1) is 11.7. The predicted octanol–water partition coefficient (Wildman–Crippen LogP) is 4.38. The zero-order valence-electron chi connectivity index (χ0n) is 14.1. The van der Waals surface area contributed by atoms with E-state index in [4.69, 9.17) is 16.3 Å². The summed E-state index contributed by atoms with van der Waals surface area (Å²) in [6.07, 6.45) is 5.05. The number of thioether (sulfide) groups is 2. The van der Waals surface area contributed by atoms with Gasteiger partial charge in [0.25, 0.3) is 0 Å². The summed E-state index contributed by atoms with van der Waals surface area (Å²) < 4.78 is 4.95. The van der Waals surface area contributed by atoms with Gasteiger partial charge in [0.15, 0.2) is 0 Å². The average molecular weight is 388 g/mol. The molecule has 1 aliphatic carbocycles. The Labute approximate surface area is 158 Å². The fourth-order valence-corrected chi connectivity index (χ4v) is 5.79. The maximum absolute atomic E-state index is 11.9. The zero-order valence-corrected chi connectivity index (χ0v) is 16.5. The molecule has 1 aliphatic rings. The molecule has 2 atom stereocenters. The summed E-state index contributed by atoms with van der Waals surface area (Å²) in [5.41, 5.74) is 1.32. The Morgan fingerprint density at radius 1 is 1.21 bits per heavy atom. The van der Waals surface area contributed by atoms with E-state index < -0.39 is 0 Å². The number of carbonyl (C=O) groups excluding carboxylic acids is 1. The number of amides is 1. The van der Waals surface area contributed by atoms with Crippen LogP contribution in [0.5, 0.6) is 0 Å². The summed E-state index contributed by atoms with van der Waals surface area (Å²) >= 11 is 9.78. The number of benzene rings is 1. The van der Waals surface area contributed by atoms with Crippen LogP contribution in [-0.4, -0.2) is 42.4 Å². The third-order valence-corrected chi connectivity index (χ3v) is 7.41. The fourth-order valence-electron chi connectivity index (χ4n) is 2.75. The first-order valence-corrected chi connectivity index (χ1v) is 10.9. The van der Waals surface area contributed by atoms with Gasteiger partial charge in [-0.15, -0.1) is 11.8 Å². The first kappa shape index (κ1) is 20.0. The number of halogens is 1. The molecule has 1 amide bonds. The number of carbonyl (C=O) groups is 1. The number of methoxy groups -OCH3 is 1. The highest BCUT2D eigenvalue weighted by Crippen LogP contribution is 2.37. The molecule has 1 aromatic carbocycles. The van der Waals surface area contributed by atoms with Crippen LogP contribution in [0.2, 0.25) is 5.02 Å². The predicted molar refractivity (Wildman–Crippen MR) is 106 cm³/mol. The van der Waals surface area contributed by atoms with Gasteiger partial charge in [-0.05, 0) is 30.5 Å². The van der Waals surface area contributed by atoms with Gasteiger partial charge in [0.1, 0.15) is 0 Å². The minimum Gasteiger partial charge on any atom is -0.383 e. The highest BCUT2D eigenvalue weighted by Gasteiger charge is 2.26. The Morgan fingerprint density at radius 3 is 2.54 bits per heavy atom. The van der Waals surface area contributed by atoms with Crippen LogP contribution in [0.25, 0.3) is 0 Å². The quantitative estimate of drug-likeness (QED) is 0.638. The highest BCUT2D eigenvalue weighted by molar-refractivity contribution is 8.03. The molecule has 0 radical (unpaired) electrons. The Balaban J connectivity index is 1.75. The molecule has 2 rings (SSSR count). The third-order valence-electron chi connectivity index (χ3n) is 4.08. The van der Waals surface area contributed by atoms with Crippen molar-refractivity contribution in [2.24, 2.45) is 0 Å². The van der Waals surface area contributed by atoms with E-state index in [1.807, 2.05) is 35.7 Å². The van der Waals surface area contributed by atoms with Crippen LogP contribution < -0.4 is 5.32 Å². The normalized spacial score (nSPS) is 20.8. The van der Waals surface area contributed by atoms with Gasteiger partial charge in [-0.25, -0.2) is 0 Å². The second-order valence-corrected chi connectivity index (χ2v) is 8.84. The molecule has 1 aromatic rings. The van der Waals surface area contributed by atoms with Crippen LogP contribution >= 0.6 is 35.1 Å². The molecule has 0 heterocycles. The van der Waals surface area contributed by atoms with Gasteiger partial charge < -0.3 is 10.1 Å². The molecule has 24 heavy (non-hydrogen) atoms. The van der Waals surface area contributed by atoms with Crippen LogP contribution in [0.1, 0.15) is 31.2 Å². The lowest BCUT2D eigenvalue weighted by molar-refractivity contribution is -0.118. The molecule has 3 nitrogen and oxygen atoms in total. The number of nitrogens with one attached hydrogen (secondary N) is 1. The van der Waals surface area contributed by atoms with E-state index in [2.05, 4.69) is 17.4 Å². The van der Waals surface area contributed by atoms with Crippen molar-refractivity contribution >= 4 is 41.0 Å². The Hall–Kier alpha value is -0.360. The van der Waals surface area contributed by atoms with Gasteiger partial charge in [0.05, 0.1) is 12.4 Å². The lowest BCUT2D eigenvalue weighted by Crippen LogP contribution is -2.31. The molecule has 0 bridgehead atoms. The summed E-state index contributed by atoms with van der Waals surface area (Å²) in [6.45, 7) is 1.16. The standard InChI is InChI=1S/C18H26ClNO2S2/c1-22-11-10-20-18(21)13-24-17-5-3-2-4-16(17)23-12-14-6-8-15(19)9-7-14/h6-9,16-17H,2-5,10-13H2,1H3,(H,20,21)/t16-,17-/m1/s1. The van der Waals surface area contributed by atoms with Crippen molar-refractivity contribution in [2.45, 2.75) is 41.9 Å². The second kappa shape index (κ2) is 11.3. The molecular formula is C18H26ClNO2S2. The SMILES string of the molecule is COCCNC(=O)CS[C@@H]1CCCC[C@H]1SCc1ccc(Cl)cc1. The highest BCUT2D eigenvalue weighted by atomic mass is 35.5. The molecule has 0 spiro atoms. The molecule has 0 saturated heterocycles. The zero-order chi connectivity index (χ0) is 17.2. The van der Waals surface area contributed by atoms with E-state index in [1.54, 1.807) is 7.11 Å². The largest absolute Gasteiger partial charge is 0.383 e. The fraction of sp³-hybridized carbons (Fsp3) is 0.611. The van der Waals surface area contributed by atoms with Crippen LogP contribution in [-0.2, 0) is 15.3 Å². The molecule has 1 saturated carbocycles. The van der Waals surface area contributed by atoms with Gasteiger partial charge in [0.2, 0.25) is 5.91 Å². The van der Waals surface area contributed by atoms with Gasteiger partial charge >= 0.3 is 0 Å². The molecule has 134 valence electrons. The average Bonchev–Trinajstić information content (AvgIpc) is 2.60. The van der Waals surface area contributed by atoms with Crippen molar-refractivity contribution in [1.82, 2.24) is 5.32 Å². The van der Waals surface area contributed by atoms with Gasteiger partial charge in [0, 0.05) is 34.9 Å². The number of hydrogen-bond acceptors (Lipinski definition) is 4. The number of hydrogen-bond donors (Lipinski definition) is 1. The molecule has 6 heteroatoms. The molecule has 1 fully saturated rings. The van der Waals surface area contributed by atoms with Gasteiger partial charge in [-0.1, -0.05) is 36.6 Å². The van der Waals surface area contributed by atoms with Crippen LogP contribution in [0.15, 0.2) is 24.3 Å². The van der Waals surface area contributed by atoms with Crippen molar-refractivity contribution in [1.29, 1.82) is 0 Å². The Morgan fingerprint density at radius 2 is 1.88 bits per heavy atom. The minimum atomic E-state index is 0.115. The lowest BCUT2D eigenvalue weighted by atomic mass is 10.00. The van der Waals surface area contributed by atoms with Gasteiger partial charge in [-0.2, -0.15) is 11.8 Å². The summed E-state index contributed by atoms with van der Waals surface area (Å²) in [6, 6.07) is 8.11. The molecule has 0 aliphatic heterocycles. The van der Waals surface area contributed by atoms with Crippen molar-refractivity contribution in [3.05, 3.63) is 34.9 Å². The van der Waals surface area contributed by atoms with E-state index in [1.165, 1.54) is 31.2 Å². The topological polar surface area (TPSA) is 38.3 Å². The Kier molecular flexibility index (Phi) is 9.39. The summed E-state index contributed by atoms with van der Waals surface area (Å²) in [7, 11) is 1.64. The molecule has 0 unspecified atom stereocenters. The van der Waals surface area contributed by atoms with Crippen molar-refractivity contribution in [3.63, 3.8) is 0 Å². The molecule has 1 N–H and O–H groups in total. The van der Waals surface area contributed by atoms with Crippen LogP contribution in [0.3, 0.4) is 0 Å². The van der Waals surface area contributed by atoms with Crippen molar-refractivity contribution in [3.8, 4) is 0 Å².